The molecule has 0 aromatic carbocycles. The van der Waals surface area contributed by atoms with Crippen molar-refractivity contribution in [1.29, 1.82) is 0 Å². The van der Waals surface area contributed by atoms with Gasteiger partial charge in [-0.3, -0.25) is 0 Å². The van der Waals surface area contributed by atoms with Gasteiger partial charge in [-0.15, -0.1) is 0 Å². The number of halogens is 4. The number of rotatable bonds is 3. The van der Waals surface area contributed by atoms with Crippen LogP contribution in [0.2, 0.25) is 0 Å². The second kappa shape index (κ2) is 4.25. The van der Waals surface area contributed by atoms with Crippen molar-refractivity contribution in [1.82, 2.24) is 0 Å². The van der Waals surface area contributed by atoms with E-state index in [2.05, 4.69) is 0 Å². The summed E-state index contributed by atoms with van der Waals surface area (Å²) in [5.41, 5.74) is -0.299. The minimum absolute atomic E-state index is 0.299. The van der Waals surface area contributed by atoms with E-state index in [1.54, 1.807) is 0 Å². The average molecular weight is 200 g/mol. The van der Waals surface area contributed by atoms with Crippen LogP contribution in [0.15, 0.2) is 11.6 Å². The Balaban J connectivity index is 4.17. The molecular formula is C7H8F4O2. The van der Waals surface area contributed by atoms with Crippen LogP contribution in [-0.2, 0) is 4.79 Å². The Labute approximate surface area is 71.9 Å². The quantitative estimate of drug-likeness (QED) is 0.560. The molecule has 2 nitrogen and oxygen atoms in total. The molecule has 0 aromatic rings. The van der Waals surface area contributed by atoms with Gasteiger partial charge in [0.2, 0.25) is 0 Å². The molecule has 0 aromatic heterocycles. The first-order valence-corrected chi connectivity index (χ1v) is 3.36. The summed E-state index contributed by atoms with van der Waals surface area (Å²) < 4.78 is 46.8. The number of carboxylic acid groups (broad SMARTS) is 1. The van der Waals surface area contributed by atoms with Crippen LogP contribution in [0, 0.1) is 0 Å². The van der Waals surface area contributed by atoms with E-state index in [4.69, 9.17) is 5.11 Å². The van der Waals surface area contributed by atoms with Crippen molar-refractivity contribution in [3.63, 3.8) is 0 Å². The number of alkyl halides is 4. The predicted molar refractivity (Wildman–Crippen MR) is 37.0 cm³/mol. The fourth-order valence-electron chi connectivity index (χ4n) is 0.501. The number of allylic oxidation sites excluding steroid dienone is 1. The maximum atomic E-state index is 12.2. The van der Waals surface area contributed by atoms with Crippen LogP contribution in [0.5, 0.6) is 0 Å². The van der Waals surface area contributed by atoms with Crippen molar-refractivity contribution in [2.75, 3.05) is 0 Å². The molecule has 0 heterocycles. The second-order valence-electron chi connectivity index (χ2n) is 2.44. The highest BCUT2D eigenvalue weighted by Crippen LogP contribution is 2.25. The van der Waals surface area contributed by atoms with Crippen LogP contribution >= 0.6 is 0 Å². The lowest BCUT2D eigenvalue weighted by atomic mass is 10.2. The summed E-state index contributed by atoms with van der Waals surface area (Å²) in [6.07, 6.45) is -8.17. The van der Waals surface area contributed by atoms with E-state index in [1.807, 2.05) is 0 Å². The van der Waals surface area contributed by atoms with Crippen molar-refractivity contribution in [3.05, 3.63) is 11.6 Å². The van der Waals surface area contributed by atoms with E-state index >= 15 is 0 Å². The van der Waals surface area contributed by atoms with Crippen molar-refractivity contribution < 1.29 is 27.5 Å². The number of hydrogen-bond donors (Lipinski definition) is 1. The first-order chi connectivity index (χ1) is 5.75. The van der Waals surface area contributed by atoms with E-state index in [1.165, 1.54) is 0 Å². The maximum absolute atomic E-state index is 12.2. The summed E-state index contributed by atoms with van der Waals surface area (Å²) in [4.78, 5) is 10.1. The Kier molecular flexibility index (Phi) is 3.90. The maximum Gasteiger partial charge on any atom is 0.419 e. The zero-order chi connectivity index (χ0) is 10.6. The van der Waals surface area contributed by atoms with E-state index in [0.717, 1.165) is 6.92 Å². The summed E-state index contributed by atoms with van der Waals surface area (Å²) in [6, 6.07) is 0. The third-order valence-electron chi connectivity index (χ3n) is 1.32. The van der Waals surface area contributed by atoms with Gasteiger partial charge in [-0.05, 0) is 6.92 Å². The van der Waals surface area contributed by atoms with Gasteiger partial charge in [0.05, 0.1) is 0 Å². The lowest BCUT2D eigenvalue weighted by molar-refractivity contribution is -0.179. The molecule has 0 fully saturated rings. The molecule has 13 heavy (non-hydrogen) atoms. The Hall–Kier alpha value is -1.07. The molecule has 0 saturated heterocycles. The topological polar surface area (TPSA) is 37.3 Å². The first-order valence-electron chi connectivity index (χ1n) is 3.36. The van der Waals surface area contributed by atoms with Gasteiger partial charge in [0.25, 0.3) is 0 Å². The minimum atomic E-state index is -4.92. The second-order valence-corrected chi connectivity index (χ2v) is 2.44. The van der Waals surface area contributed by atoms with E-state index in [-0.39, 0.29) is 5.57 Å². The van der Waals surface area contributed by atoms with Gasteiger partial charge in [0.1, 0.15) is 0 Å². The number of hydrogen-bond acceptors (Lipinski definition) is 1. The zero-order valence-electron chi connectivity index (χ0n) is 6.73. The highest BCUT2D eigenvalue weighted by Gasteiger charge is 2.39. The Morgan fingerprint density at radius 2 is 2.00 bits per heavy atom. The largest absolute Gasteiger partial charge is 0.478 e. The lowest BCUT2D eigenvalue weighted by Crippen LogP contribution is -2.23. The summed E-state index contributed by atoms with van der Waals surface area (Å²) in [7, 11) is 0. The minimum Gasteiger partial charge on any atom is -0.478 e. The van der Waals surface area contributed by atoms with Crippen LogP contribution in [0.3, 0.4) is 0 Å². The van der Waals surface area contributed by atoms with Crippen LogP contribution in [0.4, 0.5) is 17.6 Å². The molecular weight excluding hydrogens is 192 g/mol. The first kappa shape index (κ1) is 11.9. The summed E-state index contributed by atoms with van der Waals surface area (Å²) >= 11 is 0. The smallest absolute Gasteiger partial charge is 0.419 e. The fraction of sp³-hybridized carbons (Fsp3) is 0.571. The van der Waals surface area contributed by atoms with Crippen molar-refractivity contribution in [2.24, 2.45) is 0 Å². The monoisotopic (exact) mass is 200 g/mol. The normalized spacial score (nSPS) is 15.6. The molecule has 1 unspecified atom stereocenters. The fourth-order valence-corrected chi connectivity index (χ4v) is 0.501. The van der Waals surface area contributed by atoms with Crippen LogP contribution in [-0.4, -0.2) is 23.4 Å². The molecule has 0 aliphatic heterocycles. The molecule has 76 valence electrons. The summed E-state index contributed by atoms with van der Waals surface area (Å²) in [5, 5.41) is 8.23. The molecule has 0 amide bonds. The Morgan fingerprint density at radius 3 is 2.31 bits per heavy atom. The molecule has 0 spiro atoms. The predicted octanol–water partition coefficient (Wildman–Crippen LogP) is 2.31. The molecule has 1 N–H and O–H groups in total. The summed E-state index contributed by atoms with van der Waals surface area (Å²) in [6.45, 7) is 1.10. The Bertz CT molecular complexity index is 219. The van der Waals surface area contributed by atoms with E-state index in [0.29, 0.717) is 6.08 Å². The van der Waals surface area contributed by atoms with E-state index in [9.17, 15) is 22.4 Å². The third kappa shape index (κ3) is 4.49. The zero-order valence-corrected chi connectivity index (χ0v) is 6.73. The SMILES string of the molecule is CC(=CCC(F)C(F)(F)F)C(=O)O. The molecule has 0 rings (SSSR count). The van der Waals surface area contributed by atoms with E-state index < -0.39 is 24.7 Å². The molecule has 0 aliphatic rings. The third-order valence-corrected chi connectivity index (χ3v) is 1.32. The molecule has 0 aliphatic carbocycles. The molecule has 6 heteroatoms. The average Bonchev–Trinajstić information content (AvgIpc) is 1.97. The van der Waals surface area contributed by atoms with Gasteiger partial charge in [-0.2, -0.15) is 13.2 Å². The van der Waals surface area contributed by atoms with Gasteiger partial charge in [-0.25, -0.2) is 9.18 Å². The number of carboxylic acids is 1. The van der Waals surface area contributed by atoms with Gasteiger partial charge < -0.3 is 5.11 Å². The van der Waals surface area contributed by atoms with Gasteiger partial charge in [0.15, 0.2) is 6.17 Å². The molecule has 0 bridgehead atoms. The summed E-state index contributed by atoms with van der Waals surface area (Å²) in [5.74, 6) is -1.35. The van der Waals surface area contributed by atoms with Crippen LogP contribution in [0.1, 0.15) is 13.3 Å². The standard InChI is InChI=1S/C7H8F4O2/c1-4(6(12)13)2-3-5(8)7(9,10)11/h2,5H,3H2,1H3,(H,12,13). The van der Waals surface area contributed by atoms with Gasteiger partial charge >= 0.3 is 12.1 Å². The van der Waals surface area contributed by atoms with Gasteiger partial charge in [-0.1, -0.05) is 6.08 Å². The highest BCUT2D eigenvalue weighted by molar-refractivity contribution is 5.85. The van der Waals surface area contributed by atoms with Crippen molar-refractivity contribution >= 4 is 5.97 Å². The lowest BCUT2D eigenvalue weighted by Gasteiger charge is -2.09. The molecule has 1 atom stereocenters. The van der Waals surface area contributed by atoms with Crippen molar-refractivity contribution in [2.45, 2.75) is 25.7 Å². The molecule has 0 radical (unpaired) electrons. The Morgan fingerprint density at radius 1 is 1.54 bits per heavy atom. The van der Waals surface area contributed by atoms with Gasteiger partial charge in [0, 0.05) is 12.0 Å². The van der Waals surface area contributed by atoms with Crippen LogP contribution in [0.25, 0.3) is 0 Å². The number of carbonyl (C=O) groups is 1. The molecule has 0 saturated carbocycles. The number of aliphatic carboxylic acids is 1. The highest BCUT2D eigenvalue weighted by atomic mass is 19.4. The van der Waals surface area contributed by atoms with Crippen LogP contribution < -0.4 is 0 Å². The van der Waals surface area contributed by atoms with Crippen molar-refractivity contribution in [3.8, 4) is 0 Å².